The molecule has 1 aromatic carbocycles. The highest BCUT2D eigenvalue weighted by Crippen LogP contribution is 2.35. The van der Waals surface area contributed by atoms with E-state index in [1.807, 2.05) is 11.0 Å². The molecule has 0 radical (unpaired) electrons. The van der Waals surface area contributed by atoms with Crippen molar-refractivity contribution < 1.29 is 4.74 Å². The molecule has 27 heavy (non-hydrogen) atoms. The summed E-state index contributed by atoms with van der Waals surface area (Å²) in [5, 5.41) is 4.27. The number of H-pyrrole nitrogens is 1. The maximum Gasteiger partial charge on any atom is 0.329 e. The largest absolute Gasteiger partial charge is 0.383 e. The Bertz CT molecular complexity index is 959. The molecular formula is C17H21Cl2N5O3. The van der Waals surface area contributed by atoms with E-state index in [0.29, 0.717) is 41.2 Å². The van der Waals surface area contributed by atoms with E-state index in [1.165, 1.54) is 4.57 Å². The Balaban J connectivity index is 2.05. The third kappa shape index (κ3) is 3.70. The summed E-state index contributed by atoms with van der Waals surface area (Å²) in [6.45, 7) is 1.51. The fourth-order valence-electron chi connectivity index (χ4n) is 3.22. The molecule has 1 aliphatic heterocycles. The van der Waals surface area contributed by atoms with E-state index in [0.717, 1.165) is 5.56 Å². The van der Waals surface area contributed by atoms with Gasteiger partial charge in [-0.15, -0.1) is 0 Å². The molecule has 0 saturated heterocycles. The number of aromatic amines is 1. The zero-order chi connectivity index (χ0) is 19.7. The Kier molecular flexibility index (Phi) is 5.81. The van der Waals surface area contributed by atoms with Crippen molar-refractivity contribution in [1.29, 1.82) is 0 Å². The molecule has 3 rings (SSSR count). The molecule has 0 spiro atoms. The van der Waals surface area contributed by atoms with Gasteiger partial charge >= 0.3 is 5.69 Å². The minimum absolute atomic E-state index is 0.335. The quantitative estimate of drug-likeness (QED) is 0.695. The smallest absolute Gasteiger partial charge is 0.329 e. The number of nitrogens with one attached hydrogen (secondary N) is 2. The first-order valence-corrected chi connectivity index (χ1v) is 9.09. The number of hydrogen-bond donors (Lipinski definition) is 2. The van der Waals surface area contributed by atoms with Crippen LogP contribution < -0.4 is 26.4 Å². The zero-order valence-corrected chi connectivity index (χ0v) is 16.8. The van der Waals surface area contributed by atoms with Gasteiger partial charge in [-0.3, -0.25) is 19.7 Å². The molecule has 2 heterocycles. The van der Waals surface area contributed by atoms with Crippen LogP contribution >= 0.6 is 23.2 Å². The highest BCUT2D eigenvalue weighted by Gasteiger charge is 2.37. The van der Waals surface area contributed by atoms with Crippen LogP contribution in [0.3, 0.4) is 0 Å². The number of fused-ring (bicyclic) bond motifs is 1. The number of anilines is 2. The molecule has 0 saturated carbocycles. The van der Waals surface area contributed by atoms with Crippen molar-refractivity contribution in [2.75, 3.05) is 37.1 Å². The van der Waals surface area contributed by atoms with Crippen LogP contribution in [-0.2, 0) is 18.3 Å². The number of aromatic nitrogens is 2. The molecule has 2 aromatic rings. The van der Waals surface area contributed by atoms with Gasteiger partial charge in [-0.25, -0.2) is 4.79 Å². The number of halogens is 2. The SMILES string of the molecule is COCCNC1N(C)c2c(n(C)c(=O)[nH]c2=O)N1Cc1ccc(Cl)c(Cl)c1. The van der Waals surface area contributed by atoms with Gasteiger partial charge in [0.15, 0.2) is 6.29 Å². The van der Waals surface area contributed by atoms with E-state index < -0.39 is 11.2 Å². The molecule has 2 N–H and O–H groups in total. The number of rotatable bonds is 6. The second kappa shape index (κ2) is 7.93. The van der Waals surface area contributed by atoms with Crippen LogP contribution in [0.4, 0.5) is 11.5 Å². The van der Waals surface area contributed by atoms with Crippen LogP contribution in [0.25, 0.3) is 0 Å². The third-order valence-electron chi connectivity index (χ3n) is 4.53. The number of ether oxygens (including phenoxy) is 1. The summed E-state index contributed by atoms with van der Waals surface area (Å²) >= 11 is 12.2. The predicted molar refractivity (Wildman–Crippen MR) is 107 cm³/mol. The molecule has 0 aliphatic carbocycles. The average molecular weight is 414 g/mol. The number of nitrogens with zero attached hydrogens (tertiary/aromatic N) is 3. The van der Waals surface area contributed by atoms with Crippen molar-refractivity contribution in [1.82, 2.24) is 14.9 Å². The van der Waals surface area contributed by atoms with E-state index in [-0.39, 0.29) is 6.29 Å². The van der Waals surface area contributed by atoms with Gasteiger partial charge in [-0.2, -0.15) is 0 Å². The molecular weight excluding hydrogens is 393 g/mol. The van der Waals surface area contributed by atoms with Gasteiger partial charge in [0.05, 0.1) is 16.7 Å². The van der Waals surface area contributed by atoms with Crippen LogP contribution in [0.5, 0.6) is 0 Å². The van der Waals surface area contributed by atoms with Gasteiger partial charge in [0.1, 0.15) is 11.5 Å². The lowest BCUT2D eigenvalue weighted by Crippen LogP contribution is -2.52. The Morgan fingerprint density at radius 2 is 1.96 bits per heavy atom. The molecule has 1 atom stereocenters. The average Bonchev–Trinajstić information content (AvgIpc) is 2.89. The van der Waals surface area contributed by atoms with Crippen LogP contribution in [0, 0.1) is 0 Å². The van der Waals surface area contributed by atoms with E-state index in [2.05, 4.69) is 10.3 Å². The number of benzene rings is 1. The Morgan fingerprint density at radius 3 is 2.63 bits per heavy atom. The normalized spacial score (nSPS) is 16.1. The minimum atomic E-state index is -0.469. The van der Waals surface area contributed by atoms with E-state index in [9.17, 15) is 9.59 Å². The summed E-state index contributed by atoms with van der Waals surface area (Å²) in [4.78, 5) is 30.7. The lowest BCUT2D eigenvalue weighted by molar-refractivity contribution is 0.195. The second-order valence-electron chi connectivity index (χ2n) is 6.30. The summed E-state index contributed by atoms with van der Waals surface area (Å²) in [7, 11) is 5.05. The van der Waals surface area contributed by atoms with Crippen LogP contribution in [0.1, 0.15) is 5.56 Å². The van der Waals surface area contributed by atoms with E-state index in [1.54, 1.807) is 38.2 Å². The topological polar surface area (TPSA) is 82.6 Å². The summed E-state index contributed by atoms with van der Waals surface area (Å²) in [6.07, 6.45) is -0.335. The van der Waals surface area contributed by atoms with Crippen molar-refractivity contribution in [3.05, 3.63) is 54.6 Å². The summed E-state index contributed by atoms with van der Waals surface area (Å²) in [6, 6.07) is 5.37. The summed E-state index contributed by atoms with van der Waals surface area (Å²) in [5.41, 5.74) is 0.429. The molecule has 1 aromatic heterocycles. The number of methoxy groups -OCH3 is 1. The van der Waals surface area contributed by atoms with Gasteiger partial charge in [-0.05, 0) is 17.7 Å². The zero-order valence-electron chi connectivity index (χ0n) is 15.3. The Hall–Kier alpha value is -2.00. The lowest BCUT2D eigenvalue weighted by atomic mass is 10.2. The molecule has 0 bridgehead atoms. The molecule has 8 nitrogen and oxygen atoms in total. The van der Waals surface area contributed by atoms with Crippen molar-refractivity contribution in [2.45, 2.75) is 12.8 Å². The van der Waals surface area contributed by atoms with Crippen LogP contribution in [0.15, 0.2) is 27.8 Å². The lowest BCUT2D eigenvalue weighted by Gasteiger charge is -2.31. The van der Waals surface area contributed by atoms with Crippen molar-refractivity contribution in [2.24, 2.45) is 7.05 Å². The standard InChI is InChI=1S/C17H21Cl2N5O3/c1-22-13-14(25)21-17(26)23(2)15(13)24(16(22)20-6-7-27-3)9-10-4-5-11(18)12(19)8-10/h4-5,8,16,20H,6-7,9H2,1-3H3,(H,21,25,26). The van der Waals surface area contributed by atoms with Gasteiger partial charge in [0.2, 0.25) is 0 Å². The third-order valence-corrected chi connectivity index (χ3v) is 5.27. The van der Waals surface area contributed by atoms with E-state index in [4.69, 9.17) is 27.9 Å². The minimum Gasteiger partial charge on any atom is -0.383 e. The van der Waals surface area contributed by atoms with Gasteiger partial charge < -0.3 is 14.5 Å². The van der Waals surface area contributed by atoms with E-state index >= 15 is 0 Å². The second-order valence-corrected chi connectivity index (χ2v) is 7.11. The first-order chi connectivity index (χ1) is 12.8. The highest BCUT2D eigenvalue weighted by molar-refractivity contribution is 6.42. The fourth-order valence-corrected chi connectivity index (χ4v) is 3.54. The van der Waals surface area contributed by atoms with Crippen molar-refractivity contribution >= 4 is 34.7 Å². The first-order valence-electron chi connectivity index (χ1n) is 8.34. The van der Waals surface area contributed by atoms with Gasteiger partial charge in [0.25, 0.3) is 5.56 Å². The molecule has 146 valence electrons. The molecule has 10 heteroatoms. The summed E-state index contributed by atoms with van der Waals surface area (Å²) < 4.78 is 6.54. The van der Waals surface area contributed by atoms with Crippen LogP contribution in [-0.4, -0.2) is 43.1 Å². The first kappa shape index (κ1) is 19.8. The monoisotopic (exact) mass is 413 g/mol. The molecule has 1 aliphatic rings. The van der Waals surface area contributed by atoms with Gasteiger partial charge in [-0.1, -0.05) is 29.3 Å². The Morgan fingerprint density at radius 1 is 1.22 bits per heavy atom. The maximum atomic E-state index is 12.4. The maximum absolute atomic E-state index is 12.4. The highest BCUT2D eigenvalue weighted by atomic mass is 35.5. The van der Waals surface area contributed by atoms with Gasteiger partial charge in [0, 0.05) is 34.3 Å². The summed E-state index contributed by atoms with van der Waals surface area (Å²) in [5.74, 6) is 0.534. The number of hydrogen-bond acceptors (Lipinski definition) is 6. The van der Waals surface area contributed by atoms with Crippen molar-refractivity contribution in [3.63, 3.8) is 0 Å². The Labute approximate surface area is 166 Å². The van der Waals surface area contributed by atoms with Crippen LogP contribution in [0.2, 0.25) is 10.0 Å². The fraction of sp³-hybridized carbons (Fsp3) is 0.412. The molecule has 1 unspecified atom stereocenters. The molecule has 0 amide bonds. The predicted octanol–water partition coefficient (Wildman–Crippen LogP) is 1.36. The molecule has 0 fully saturated rings. The van der Waals surface area contributed by atoms with Crippen molar-refractivity contribution in [3.8, 4) is 0 Å².